The van der Waals surface area contributed by atoms with Gasteiger partial charge in [-0.3, -0.25) is 19.3 Å². The SMILES string of the molecule is COc1ccc([C@@H](C(=O)NCc2ccccc2)N(C(=O)c2snc(C(N)=O)c2N)c2ccc(C)cc2)cc1. The van der Waals surface area contributed by atoms with Crippen molar-refractivity contribution in [3.63, 3.8) is 0 Å². The van der Waals surface area contributed by atoms with Crippen molar-refractivity contribution in [2.24, 2.45) is 5.73 Å². The highest BCUT2D eigenvalue weighted by Gasteiger charge is 2.36. The van der Waals surface area contributed by atoms with E-state index < -0.39 is 23.8 Å². The van der Waals surface area contributed by atoms with Crippen LogP contribution in [-0.2, 0) is 11.3 Å². The molecule has 1 atom stereocenters. The molecule has 3 aromatic carbocycles. The number of benzene rings is 3. The van der Waals surface area contributed by atoms with Crippen LogP contribution in [0.2, 0.25) is 0 Å². The predicted octanol–water partition coefficient (Wildman–Crippen LogP) is 3.85. The number of hydrogen-bond donors (Lipinski definition) is 3. The van der Waals surface area contributed by atoms with Crippen molar-refractivity contribution in [2.75, 3.05) is 17.7 Å². The first-order chi connectivity index (χ1) is 18.3. The lowest BCUT2D eigenvalue weighted by molar-refractivity contribution is -0.122. The average molecular weight is 530 g/mol. The first-order valence-corrected chi connectivity index (χ1v) is 12.5. The van der Waals surface area contributed by atoms with E-state index in [0.29, 0.717) is 17.0 Å². The van der Waals surface area contributed by atoms with E-state index in [0.717, 1.165) is 22.7 Å². The van der Waals surface area contributed by atoms with E-state index in [1.807, 2.05) is 49.4 Å². The molecular formula is C28H27N5O4S. The van der Waals surface area contributed by atoms with Crippen molar-refractivity contribution in [2.45, 2.75) is 19.5 Å². The second kappa shape index (κ2) is 11.6. The number of nitrogens with two attached hydrogens (primary N) is 2. The van der Waals surface area contributed by atoms with Crippen molar-refractivity contribution >= 4 is 40.6 Å². The Kier molecular flexibility index (Phi) is 8.03. The Balaban J connectivity index is 1.82. The van der Waals surface area contributed by atoms with Crippen molar-refractivity contribution in [3.8, 4) is 5.75 Å². The number of rotatable bonds is 9. The van der Waals surface area contributed by atoms with E-state index in [4.69, 9.17) is 16.2 Å². The predicted molar refractivity (Wildman–Crippen MR) is 147 cm³/mol. The molecule has 0 bridgehead atoms. The van der Waals surface area contributed by atoms with Gasteiger partial charge in [-0.15, -0.1) is 0 Å². The smallest absolute Gasteiger partial charge is 0.273 e. The molecule has 0 aliphatic heterocycles. The van der Waals surface area contributed by atoms with Gasteiger partial charge in [-0.05, 0) is 53.8 Å². The van der Waals surface area contributed by atoms with E-state index in [-0.39, 0.29) is 22.8 Å². The van der Waals surface area contributed by atoms with Gasteiger partial charge in [0.15, 0.2) is 5.69 Å². The first-order valence-electron chi connectivity index (χ1n) is 11.7. The van der Waals surface area contributed by atoms with Crippen molar-refractivity contribution < 1.29 is 19.1 Å². The number of methoxy groups -OCH3 is 1. The normalized spacial score (nSPS) is 11.4. The fraction of sp³-hybridized carbons (Fsp3) is 0.143. The third-order valence-electron chi connectivity index (χ3n) is 5.93. The lowest BCUT2D eigenvalue weighted by atomic mass is 10.0. The van der Waals surface area contributed by atoms with E-state index in [1.54, 1.807) is 43.5 Å². The summed E-state index contributed by atoms with van der Waals surface area (Å²) in [7, 11) is 1.55. The lowest BCUT2D eigenvalue weighted by Gasteiger charge is -2.31. The zero-order valence-corrected chi connectivity index (χ0v) is 21.7. The molecule has 1 aromatic heterocycles. The summed E-state index contributed by atoms with van der Waals surface area (Å²) in [4.78, 5) is 41.0. The number of nitrogen functional groups attached to an aromatic ring is 1. The molecule has 9 nitrogen and oxygen atoms in total. The van der Waals surface area contributed by atoms with Crippen LogP contribution in [0, 0.1) is 6.92 Å². The van der Waals surface area contributed by atoms with Crippen LogP contribution >= 0.6 is 11.5 Å². The fourth-order valence-corrected chi connectivity index (χ4v) is 4.66. The molecular weight excluding hydrogens is 502 g/mol. The lowest BCUT2D eigenvalue weighted by Crippen LogP contribution is -2.44. The van der Waals surface area contributed by atoms with Gasteiger partial charge < -0.3 is 21.5 Å². The number of nitrogens with one attached hydrogen (secondary N) is 1. The molecule has 194 valence electrons. The largest absolute Gasteiger partial charge is 0.497 e. The minimum absolute atomic E-state index is 0.00810. The molecule has 1 heterocycles. The van der Waals surface area contributed by atoms with E-state index in [1.165, 1.54) is 4.90 Å². The van der Waals surface area contributed by atoms with E-state index >= 15 is 0 Å². The summed E-state index contributed by atoms with van der Waals surface area (Å²) in [5.74, 6) is -1.24. The zero-order chi connectivity index (χ0) is 27.2. The summed E-state index contributed by atoms with van der Waals surface area (Å²) in [6, 6.07) is 22.4. The van der Waals surface area contributed by atoms with Crippen molar-refractivity contribution in [3.05, 3.63) is 106 Å². The highest BCUT2D eigenvalue weighted by Crippen LogP contribution is 2.34. The van der Waals surface area contributed by atoms with Crippen LogP contribution in [0.3, 0.4) is 0 Å². The monoisotopic (exact) mass is 529 g/mol. The Labute approximate surface area is 224 Å². The first kappa shape index (κ1) is 26.4. The Bertz CT molecular complexity index is 1440. The minimum atomic E-state index is -1.08. The summed E-state index contributed by atoms with van der Waals surface area (Å²) < 4.78 is 9.26. The maximum atomic E-state index is 14.1. The molecule has 0 radical (unpaired) electrons. The van der Waals surface area contributed by atoms with Crippen LogP contribution in [0.1, 0.15) is 42.9 Å². The molecule has 0 aliphatic rings. The van der Waals surface area contributed by atoms with Gasteiger partial charge >= 0.3 is 0 Å². The molecule has 0 saturated carbocycles. The third-order valence-corrected chi connectivity index (χ3v) is 6.79. The van der Waals surface area contributed by atoms with E-state index in [9.17, 15) is 14.4 Å². The highest BCUT2D eigenvalue weighted by atomic mass is 32.1. The molecule has 0 aliphatic carbocycles. The number of hydrogen-bond acceptors (Lipinski definition) is 7. The molecule has 4 rings (SSSR count). The second-order valence-corrected chi connectivity index (χ2v) is 9.30. The Morgan fingerprint density at radius 1 is 1.00 bits per heavy atom. The Morgan fingerprint density at radius 2 is 1.66 bits per heavy atom. The summed E-state index contributed by atoms with van der Waals surface area (Å²) >= 11 is 0.761. The number of primary amides is 1. The second-order valence-electron chi connectivity index (χ2n) is 8.53. The van der Waals surface area contributed by atoms with Gasteiger partial charge in [-0.2, -0.15) is 4.37 Å². The highest BCUT2D eigenvalue weighted by molar-refractivity contribution is 7.09. The third kappa shape index (κ3) is 5.65. The molecule has 0 saturated heterocycles. The minimum Gasteiger partial charge on any atom is -0.497 e. The molecule has 0 unspecified atom stereocenters. The van der Waals surface area contributed by atoms with Crippen LogP contribution in [0.5, 0.6) is 5.75 Å². The van der Waals surface area contributed by atoms with Crippen LogP contribution in [-0.4, -0.2) is 29.2 Å². The number of carbonyl (C=O) groups excluding carboxylic acids is 3. The zero-order valence-electron chi connectivity index (χ0n) is 20.9. The maximum Gasteiger partial charge on any atom is 0.273 e. The number of nitrogens with zero attached hydrogens (tertiary/aromatic N) is 2. The molecule has 3 amide bonds. The summed E-state index contributed by atoms with van der Waals surface area (Å²) in [5.41, 5.74) is 14.1. The van der Waals surface area contributed by atoms with E-state index in [2.05, 4.69) is 9.69 Å². The molecule has 4 aromatic rings. The van der Waals surface area contributed by atoms with Crippen LogP contribution in [0.15, 0.2) is 78.9 Å². The molecule has 38 heavy (non-hydrogen) atoms. The number of ether oxygens (including phenoxy) is 1. The number of aryl methyl sites for hydroxylation is 1. The molecule has 10 heteroatoms. The molecule has 5 N–H and O–H groups in total. The number of carbonyl (C=O) groups is 3. The number of anilines is 2. The summed E-state index contributed by atoms with van der Waals surface area (Å²) in [5, 5.41) is 2.95. The molecule has 0 spiro atoms. The van der Waals surface area contributed by atoms with Gasteiger partial charge in [0.05, 0.1) is 12.8 Å². The van der Waals surface area contributed by atoms with Gasteiger partial charge in [0, 0.05) is 12.2 Å². The molecule has 0 fully saturated rings. The summed E-state index contributed by atoms with van der Waals surface area (Å²) in [6.07, 6.45) is 0. The maximum absolute atomic E-state index is 14.1. The topological polar surface area (TPSA) is 141 Å². The van der Waals surface area contributed by atoms with Crippen molar-refractivity contribution in [1.29, 1.82) is 0 Å². The van der Waals surface area contributed by atoms with Crippen LogP contribution in [0.25, 0.3) is 0 Å². The Morgan fingerprint density at radius 3 is 2.24 bits per heavy atom. The van der Waals surface area contributed by atoms with Crippen LogP contribution < -0.4 is 26.4 Å². The Hall–Kier alpha value is -4.70. The van der Waals surface area contributed by atoms with Gasteiger partial charge in [0.2, 0.25) is 5.91 Å². The average Bonchev–Trinajstić information content (AvgIpc) is 3.33. The number of aromatic nitrogens is 1. The van der Waals surface area contributed by atoms with Gasteiger partial charge in [0.1, 0.15) is 16.7 Å². The summed E-state index contributed by atoms with van der Waals surface area (Å²) in [6.45, 7) is 2.18. The fourth-order valence-electron chi connectivity index (χ4n) is 3.91. The van der Waals surface area contributed by atoms with Crippen LogP contribution in [0.4, 0.5) is 11.4 Å². The standard InChI is InChI=1S/C28H27N5O4S/c1-17-8-12-20(13-9-17)33(28(36)25-22(29)23(26(30)34)32-38-25)24(19-10-14-21(37-2)15-11-19)27(35)31-16-18-6-4-3-5-7-18/h3-15,24H,16,29H2,1-2H3,(H2,30,34)(H,31,35)/t24-/m0/s1. The van der Waals surface area contributed by atoms with Gasteiger partial charge in [-0.25, -0.2) is 0 Å². The van der Waals surface area contributed by atoms with Gasteiger partial charge in [-0.1, -0.05) is 60.2 Å². The van der Waals surface area contributed by atoms with Crippen molar-refractivity contribution in [1.82, 2.24) is 9.69 Å². The van der Waals surface area contributed by atoms with Gasteiger partial charge in [0.25, 0.3) is 11.8 Å². The number of amides is 3. The quantitative estimate of drug-likeness (QED) is 0.301.